The Morgan fingerprint density at radius 1 is 1.60 bits per heavy atom. The number of carbonyl (C=O) groups is 2. The van der Waals surface area contributed by atoms with Gasteiger partial charge in [-0.05, 0) is 13.3 Å². The first kappa shape index (κ1) is 11.9. The standard InChI is InChI=1S/C9H15NO5/c1-4-8(5(2)11)9(15-8,6(10)12)7(13)14-3/h5,11H,4H2,1-3H3,(H2,10,12)/t5?,8-,9-/m1/s1. The first-order valence-electron chi connectivity index (χ1n) is 4.65. The zero-order chi connectivity index (χ0) is 11.9. The van der Waals surface area contributed by atoms with Crippen molar-refractivity contribution >= 4 is 11.9 Å². The van der Waals surface area contributed by atoms with Crippen molar-refractivity contribution in [1.29, 1.82) is 0 Å². The van der Waals surface area contributed by atoms with Gasteiger partial charge in [0, 0.05) is 0 Å². The summed E-state index contributed by atoms with van der Waals surface area (Å²) in [5.41, 5.74) is 2.05. The molecule has 0 spiro atoms. The molecule has 0 aromatic carbocycles. The van der Waals surface area contributed by atoms with Gasteiger partial charge in [0.2, 0.25) is 0 Å². The van der Waals surface area contributed by atoms with Crippen molar-refractivity contribution in [3.8, 4) is 0 Å². The van der Waals surface area contributed by atoms with Crippen LogP contribution in [0, 0.1) is 0 Å². The van der Waals surface area contributed by atoms with Crippen LogP contribution >= 0.6 is 0 Å². The van der Waals surface area contributed by atoms with E-state index in [0.717, 1.165) is 7.11 Å². The Bertz CT molecular complexity index is 303. The number of nitrogens with two attached hydrogens (primary N) is 1. The van der Waals surface area contributed by atoms with E-state index in [1.54, 1.807) is 6.92 Å². The highest BCUT2D eigenvalue weighted by atomic mass is 16.7. The number of amides is 1. The number of aliphatic hydroxyl groups excluding tert-OH is 1. The summed E-state index contributed by atoms with van der Waals surface area (Å²) in [4.78, 5) is 22.7. The van der Waals surface area contributed by atoms with Gasteiger partial charge in [0.25, 0.3) is 11.5 Å². The minimum Gasteiger partial charge on any atom is -0.466 e. The molecule has 6 nitrogen and oxygen atoms in total. The first-order valence-corrected chi connectivity index (χ1v) is 4.65. The minimum absolute atomic E-state index is 0.294. The van der Waals surface area contributed by atoms with E-state index in [2.05, 4.69) is 4.74 Å². The molecule has 86 valence electrons. The SMILES string of the molecule is CC[C@]1(C(C)O)O[C@]1(C(N)=O)C(=O)OC. The van der Waals surface area contributed by atoms with E-state index < -0.39 is 29.2 Å². The van der Waals surface area contributed by atoms with Gasteiger partial charge in [0.15, 0.2) is 0 Å². The zero-order valence-corrected chi connectivity index (χ0v) is 8.94. The third-order valence-electron chi connectivity index (χ3n) is 2.91. The van der Waals surface area contributed by atoms with E-state index in [1.807, 2.05) is 0 Å². The Hall–Kier alpha value is -1.14. The molecule has 3 N–H and O–H groups in total. The zero-order valence-electron chi connectivity index (χ0n) is 8.94. The fourth-order valence-corrected chi connectivity index (χ4v) is 1.96. The minimum atomic E-state index is -1.83. The monoisotopic (exact) mass is 217 g/mol. The molecule has 1 saturated heterocycles. The topological polar surface area (TPSA) is 102 Å². The Kier molecular flexibility index (Phi) is 2.75. The van der Waals surface area contributed by atoms with E-state index in [4.69, 9.17) is 10.5 Å². The van der Waals surface area contributed by atoms with Crippen LogP contribution in [-0.4, -0.2) is 41.4 Å². The second-order valence-electron chi connectivity index (χ2n) is 3.56. The summed E-state index contributed by atoms with van der Waals surface area (Å²) in [7, 11) is 1.14. The van der Waals surface area contributed by atoms with Crippen LogP contribution in [0.2, 0.25) is 0 Å². The van der Waals surface area contributed by atoms with Gasteiger partial charge >= 0.3 is 5.97 Å². The lowest BCUT2D eigenvalue weighted by Crippen LogP contribution is -2.49. The lowest BCUT2D eigenvalue weighted by atomic mass is 9.85. The maximum Gasteiger partial charge on any atom is 0.351 e. The lowest BCUT2D eigenvalue weighted by molar-refractivity contribution is -0.151. The Morgan fingerprint density at radius 2 is 2.13 bits per heavy atom. The Labute approximate surface area is 87.3 Å². The van der Waals surface area contributed by atoms with Crippen LogP contribution in [0.3, 0.4) is 0 Å². The molecule has 15 heavy (non-hydrogen) atoms. The van der Waals surface area contributed by atoms with Crippen molar-refractivity contribution in [2.24, 2.45) is 5.73 Å². The second-order valence-corrected chi connectivity index (χ2v) is 3.56. The highest BCUT2D eigenvalue weighted by Gasteiger charge is 2.81. The van der Waals surface area contributed by atoms with E-state index in [9.17, 15) is 14.7 Å². The summed E-state index contributed by atoms with van der Waals surface area (Å²) in [6.45, 7) is 3.14. The molecule has 1 rings (SSSR count). The quantitative estimate of drug-likeness (QED) is 0.355. The molecule has 1 amide bonds. The molecule has 1 aliphatic heterocycles. The molecular formula is C9H15NO5. The van der Waals surface area contributed by atoms with Crippen LogP contribution in [-0.2, 0) is 19.1 Å². The van der Waals surface area contributed by atoms with Crippen molar-refractivity contribution in [3.05, 3.63) is 0 Å². The summed E-state index contributed by atoms with van der Waals surface area (Å²) < 4.78 is 9.59. The molecule has 6 heteroatoms. The molecule has 0 aromatic rings. The van der Waals surface area contributed by atoms with Crippen molar-refractivity contribution in [2.45, 2.75) is 37.6 Å². The highest BCUT2D eigenvalue weighted by Crippen LogP contribution is 2.53. The number of ether oxygens (including phenoxy) is 2. The largest absolute Gasteiger partial charge is 0.466 e. The fraction of sp³-hybridized carbons (Fsp3) is 0.778. The molecule has 3 atom stereocenters. The number of methoxy groups -OCH3 is 1. The molecule has 0 saturated carbocycles. The second kappa shape index (κ2) is 3.46. The summed E-state index contributed by atoms with van der Waals surface area (Å²) in [5.74, 6) is -1.80. The molecule has 0 bridgehead atoms. The van der Waals surface area contributed by atoms with Gasteiger partial charge in [-0.3, -0.25) is 4.79 Å². The highest BCUT2D eigenvalue weighted by molar-refractivity contribution is 6.10. The number of rotatable bonds is 4. The van der Waals surface area contributed by atoms with Gasteiger partial charge in [-0.2, -0.15) is 0 Å². The number of hydrogen-bond donors (Lipinski definition) is 2. The molecule has 1 aliphatic rings. The lowest BCUT2D eigenvalue weighted by Gasteiger charge is -2.17. The summed E-state index contributed by atoms with van der Waals surface area (Å²) in [6, 6.07) is 0. The number of aliphatic hydroxyl groups is 1. The summed E-state index contributed by atoms with van der Waals surface area (Å²) >= 11 is 0. The van der Waals surface area contributed by atoms with Gasteiger partial charge in [-0.15, -0.1) is 0 Å². The summed E-state index contributed by atoms with van der Waals surface area (Å²) in [6.07, 6.45) is -0.683. The van der Waals surface area contributed by atoms with E-state index in [0.29, 0.717) is 6.42 Å². The van der Waals surface area contributed by atoms with Crippen LogP contribution in [0.15, 0.2) is 0 Å². The van der Waals surface area contributed by atoms with Gasteiger partial charge in [0.1, 0.15) is 5.60 Å². The number of primary amides is 1. The average Bonchev–Trinajstić information content (AvgIpc) is 2.88. The molecule has 1 unspecified atom stereocenters. The molecule has 0 aliphatic carbocycles. The maximum absolute atomic E-state index is 11.5. The van der Waals surface area contributed by atoms with Gasteiger partial charge in [-0.1, -0.05) is 6.92 Å². The predicted molar refractivity (Wildman–Crippen MR) is 49.7 cm³/mol. The normalized spacial score (nSPS) is 35.7. The van der Waals surface area contributed by atoms with Crippen molar-refractivity contribution in [1.82, 2.24) is 0 Å². The predicted octanol–water partition coefficient (Wildman–Crippen LogP) is -1.06. The van der Waals surface area contributed by atoms with E-state index in [1.165, 1.54) is 6.92 Å². The van der Waals surface area contributed by atoms with Crippen LogP contribution in [0.4, 0.5) is 0 Å². The van der Waals surface area contributed by atoms with Gasteiger partial charge in [0.05, 0.1) is 13.2 Å². The van der Waals surface area contributed by atoms with Gasteiger partial charge < -0.3 is 20.3 Å². The van der Waals surface area contributed by atoms with Crippen LogP contribution < -0.4 is 5.73 Å². The van der Waals surface area contributed by atoms with Crippen LogP contribution in [0.1, 0.15) is 20.3 Å². The number of epoxide rings is 1. The van der Waals surface area contributed by atoms with Crippen LogP contribution in [0.5, 0.6) is 0 Å². The molecule has 0 radical (unpaired) electrons. The van der Waals surface area contributed by atoms with Crippen molar-refractivity contribution in [2.75, 3.05) is 7.11 Å². The smallest absolute Gasteiger partial charge is 0.351 e. The van der Waals surface area contributed by atoms with Gasteiger partial charge in [-0.25, -0.2) is 4.79 Å². The Balaban J connectivity index is 3.10. The Morgan fingerprint density at radius 3 is 2.33 bits per heavy atom. The third kappa shape index (κ3) is 1.25. The molecular weight excluding hydrogens is 202 g/mol. The average molecular weight is 217 g/mol. The fourth-order valence-electron chi connectivity index (χ4n) is 1.96. The third-order valence-corrected chi connectivity index (χ3v) is 2.91. The van der Waals surface area contributed by atoms with Crippen LogP contribution in [0.25, 0.3) is 0 Å². The number of carbonyl (C=O) groups excluding carboxylic acids is 2. The van der Waals surface area contributed by atoms with Crippen molar-refractivity contribution in [3.63, 3.8) is 0 Å². The maximum atomic E-state index is 11.5. The molecule has 0 aromatic heterocycles. The number of esters is 1. The molecule has 1 heterocycles. The molecule has 1 fully saturated rings. The van der Waals surface area contributed by atoms with E-state index >= 15 is 0 Å². The van der Waals surface area contributed by atoms with E-state index in [-0.39, 0.29) is 0 Å². The number of hydrogen-bond acceptors (Lipinski definition) is 5. The van der Waals surface area contributed by atoms with Crippen molar-refractivity contribution < 1.29 is 24.2 Å². The summed E-state index contributed by atoms with van der Waals surface area (Å²) in [5, 5.41) is 9.53. The first-order chi connectivity index (χ1) is 6.89.